The summed E-state index contributed by atoms with van der Waals surface area (Å²) in [6, 6.07) is 2.64. The van der Waals surface area contributed by atoms with Crippen molar-refractivity contribution < 1.29 is 17.6 Å². The van der Waals surface area contributed by atoms with Gasteiger partial charge in [0.1, 0.15) is 5.82 Å². The first-order chi connectivity index (χ1) is 9.28. The lowest BCUT2D eigenvalue weighted by atomic mass is 10.2. The van der Waals surface area contributed by atoms with Crippen molar-refractivity contribution in [2.45, 2.75) is 32.0 Å². The molecule has 2 nitrogen and oxygen atoms in total. The lowest BCUT2D eigenvalue weighted by molar-refractivity contribution is -0.135. The van der Waals surface area contributed by atoms with Crippen molar-refractivity contribution in [1.82, 2.24) is 9.55 Å². The second kappa shape index (κ2) is 5.73. The van der Waals surface area contributed by atoms with Crippen molar-refractivity contribution in [1.29, 1.82) is 0 Å². The van der Waals surface area contributed by atoms with Crippen LogP contribution in [0.3, 0.4) is 0 Å². The van der Waals surface area contributed by atoms with Gasteiger partial charge in [-0.05, 0) is 31.1 Å². The molecule has 0 saturated heterocycles. The number of aromatic nitrogens is 2. The SMILES string of the molecule is Fc1cc2c(cc1Cl)[nH]c(=S)n2CCCCC(F)(F)F. The zero-order chi connectivity index (χ0) is 14.9. The molecule has 0 atom stereocenters. The third-order valence-corrected chi connectivity index (χ3v) is 3.52. The van der Waals surface area contributed by atoms with Crippen molar-refractivity contribution in [2.24, 2.45) is 0 Å². The van der Waals surface area contributed by atoms with Gasteiger partial charge in [0.2, 0.25) is 0 Å². The smallest absolute Gasteiger partial charge is 0.331 e. The van der Waals surface area contributed by atoms with Crippen molar-refractivity contribution in [2.75, 3.05) is 0 Å². The zero-order valence-electron chi connectivity index (χ0n) is 10.2. The van der Waals surface area contributed by atoms with Crippen LogP contribution in [0.4, 0.5) is 17.6 Å². The van der Waals surface area contributed by atoms with E-state index in [1.165, 1.54) is 12.1 Å². The molecule has 0 amide bonds. The molecule has 0 bridgehead atoms. The van der Waals surface area contributed by atoms with Gasteiger partial charge in [0, 0.05) is 19.0 Å². The highest BCUT2D eigenvalue weighted by Gasteiger charge is 2.25. The highest BCUT2D eigenvalue weighted by Crippen LogP contribution is 2.25. The summed E-state index contributed by atoms with van der Waals surface area (Å²) >= 11 is 10.7. The van der Waals surface area contributed by atoms with Crippen molar-refractivity contribution in [3.05, 3.63) is 27.7 Å². The minimum absolute atomic E-state index is 0.00795. The fourth-order valence-corrected chi connectivity index (χ4v) is 2.43. The summed E-state index contributed by atoms with van der Waals surface area (Å²) in [6.07, 6.45) is -4.66. The first kappa shape index (κ1) is 15.3. The lowest BCUT2D eigenvalue weighted by Gasteiger charge is -2.07. The Morgan fingerprint density at radius 2 is 1.95 bits per heavy atom. The predicted molar refractivity (Wildman–Crippen MR) is 72.0 cm³/mol. The maximum Gasteiger partial charge on any atom is 0.389 e. The number of hydrogen-bond donors (Lipinski definition) is 1. The van der Waals surface area contributed by atoms with Gasteiger partial charge < -0.3 is 9.55 Å². The monoisotopic (exact) mass is 326 g/mol. The molecule has 0 aliphatic rings. The molecule has 8 heteroatoms. The molecule has 0 fully saturated rings. The number of rotatable bonds is 4. The van der Waals surface area contributed by atoms with Gasteiger partial charge in [-0.3, -0.25) is 0 Å². The number of aromatic amines is 1. The second-order valence-corrected chi connectivity index (χ2v) is 5.23. The molecule has 0 unspecified atom stereocenters. The van der Waals surface area contributed by atoms with Crippen LogP contribution in [-0.2, 0) is 6.54 Å². The summed E-state index contributed by atoms with van der Waals surface area (Å²) in [5.41, 5.74) is 1.07. The number of H-pyrrole nitrogens is 1. The summed E-state index contributed by atoms with van der Waals surface area (Å²) in [5, 5.41) is -0.0297. The molecule has 0 radical (unpaired) electrons. The Morgan fingerprint density at radius 1 is 1.25 bits per heavy atom. The molecule has 1 aromatic heterocycles. The van der Waals surface area contributed by atoms with Crippen LogP contribution in [0, 0.1) is 10.6 Å². The van der Waals surface area contributed by atoms with E-state index >= 15 is 0 Å². The molecule has 1 N–H and O–H groups in total. The highest BCUT2D eigenvalue weighted by molar-refractivity contribution is 7.71. The van der Waals surface area contributed by atoms with Crippen LogP contribution >= 0.6 is 23.8 Å². The van der Waals surface area contributed by atoms with Gasteiger partial charge in [-0.1, -0.05) is 11.6 Å². The van der Waals surface area contributed by atoms with Crippen LogP contribution in [0.25, 0.3) is 11.0 Å². The number of unbranched alkanes of at least 4 members (excludes halogenated alkanes) is 1. The number of benzene rings is 1. The van der Waals surface area contributed by atoms with E-state index in [9.17, 15) is 17.6 Å². The third-order valence-electron chi connectivity index (χ3n) is 2.91. The fraction of sp³-hybridized carbons (Fsp3) is 0.417. The number of nitrogens with zero attached hydrogens (tertiary/aromatic N) is 1. The van der Waals surface area contributed by atoms with Gasteiger partial charge in [-0.15, -0.1) is 0 Å². The Labute approximate surface area is 122 Å². The topological polar surface area (TPSA) is 20.7 Å². The zero-order valence-corrected chi connectivity index (χ0v) is 11.8. The van der Waals surface area contributed by atoms with E-state index in [-0.39, 0.29) is 11.4 Å². The maximum atomic E-state index is 13.4. The average molecular weight is 327 g/mol. The molecule has 1 aromatic carbocycles. The maximum absolute atomic E-state index is 13.4. The summed E-state index contributed by atoms with van der Waals surface area (Å²) in [6.45, 7) is 0.302. The highest BCUT2D eigenvalue weighted by atomic mass is 35.5. The van der Waals surface area contributed by atoms with Gasteiger partial charge in [0.25, 0.3) is 0 Å². The van der Waals surface area contributed by atoms with E-state index in [0.29, 0.717) is 28.8 Å². The number of nitrogens with one attached hydrogen (secondary N) is 1. The average Bonchev–Trinajstić information content (AvgIpc) is 2.60. The van der Waals surface area contributed by atoms with Gasteiger partial charge in [0.15, 0.2) is 4.77 Å². The minimum Gasteiger partial charge on any atom is -0.331 e. The Morgan fingerprint density at radius 3 is 2.60 bits per heavy atom. The third kappa shape index (κ3) is 3.52. The Bertz CT molecular complexity index is 674. The van der Waals surface area contributed by atoms with Gasteiger partial charge in [-0.25, -0.2) is 4.39 Å². The number of hydrogen-bond acceptors (Lipinski definition) is 1. The number of alkyl halides is 3. The molecule has 2 rings (SSSR count). The van der Waals surface area contributed by atoms with Crippen molar-refractivity contribution in [3.63, 3.8) is 0 Å². The summed E-state index contributed by atoms with van der Waals surface area (Å²) < 4.78 is 51.5. The molecular weight excluding hydrogens is 316 g/mol. The van der Waals surface area contributed by atoms with Crippen LogP contribution < -0.4 is 0 Å². The van der Waals surface area contributed by atoms with Crippen LogP contribution in [0.1, 0.15) is 19.3 Å². The standard InChI is InChI=1S/C12H11ClF4N2S/c13-7-5-9-10(6-8(7)14)19(11(20)18-9)4-2-1-3-12(15,16)17/h5-6H,1-4H2,(H,18,20). The molecule has 20 heavy (non-hydrogen) atoms. The fourth-order valence-electron chi connectivity index (χ4n) is 1.97. The predicted octanol–water partition coefficient (Wildman–Crippen LogP) is 5.22. The molecule has 0 saturated carbocycles. The van der Waals surface area contributed by atoms with E-state index in [4.69, 9.17) is 23.8 Å². The summed E-state index contributed by atoms with van der Waals surface area (Å²) in [4.78, 5) is 2.86. The van der Waals surface area contributed by atoms with Crippen LogP contribution in [0.15, 0.2) is 12.1 Å². The number of aryl methyl sites for hydroxylation is 1. The van der Waals surface area contributed by atoms with E-state index < -0.39 is 18.4 Å². The molecule has 0 aliphatic carbocycles. The number of imidazole rings is 1. The van der Waals surface area contributed by atoms with E-state index in [1.807, 2.05) is 0 Å². The summed E-state index contributed by atoms with van der Waals surface area (Å²) in [7, 11) is 0. The summed E-state index contributed by atoms with van der Waals surface area (Å²) in [5.74, 6) is -0.586. The Hall–Kier alpha value is -1.08. The van der Waals surface area contributed by atoms with E-state index in [2.05, 4.69) is 4.98 Å². The molecular formula is C12H11ClF4N2S. The first-order valence-corrected chi connectivity index (χ1v) is 6.71. The number of halogens is 5. The second-order valence-electron chi connectivity index (χ2n) is 4.44. The molecule has 1 heterocycles. The van der Waals surface area contributed by atoms with Crippen LogP contribution in [0.2, 0.25) is 5.02 Å². The van der Waals surface area contributed by atoms with Crippen LogP contribution in [0.5, 0.6) is 0 Å². The molecule has 110 valence electrons. The van der Waals surface area contributed by atoms with Crippen molar-refractivity contribution >= 4 is 34.9 Å². The van der Waals surface area contributed by atoms with Gasteiger partial charge in [0.05, 0.1) is 16.1 Å². The lowest BCUT2D eigenvalue weighted by Crippen LogP contribution is -2.07. The Kier molecular flexibility index (Phi) is 4.39. The largest absolute Gasteiger partial charge is 0.389 e. The number of fused-ring (bicyclic) bond motifs is 1. The van der Waals surface area contributed by atoms with Gasteiger partial charge in [-0.2, -0.15) is 13.2 Å². The molecule has 0 spiro atoms. The van der Waals surface area contributed by atoms with E-state index in [1.54, 1.807) is 4.57 Å². The molecule has 0 aliphatic heterocycles. The minimum atomic E-state index is -4.15. The first-order valence-electron chi connectivity index (χ1n) is 5.92. The normalized spacial score (nSPS) is 12.2. The van der Waals surface area contributed by atoms with E-state index in [0.717, 1.165) is 0 Å². The van der Waals surface area contributed by atoms with Gasteiger partial charge >= 0.3 is 6.18 Å². The quantitative estimate of drug-likeness (QED) is 0.464. The molecule has 2 aromatic rings. The van der Waals surface area contributed by atoms with Crippen molar-refractivity contribution in [3.8, 4) is 0 Å². The Balaban J connectivity index is 2.16. The van der Waals surface area contributed by atoms with Crippen LogP contribution in [-0.4, -0.2) is 15.7 Å².